The van der Waals surface area contributed by atoms with Crippen molar-refractivity contribution in [1.82, 2.24) is 0 Å². The van der Waals surface area contributed by atoms with Gasteiger partial charge in [0.25, 0.3) is 0 Å². The summed E-state index contributed by atoms with van der Waals surface area (Å²) in [5, 5.41) is 2.54. The van der Waals surface area contributed by atoms with Crippen molar-refractivity contribution in [3.8, 4) is 0 Å². The first-order chi connectivity index (χ1) is 17.6. The number of carbonyl (C=O) groups is 2. The second-order valence-corrected chi connectivity index (χ2v) is 11.4. The number of hydrogen-bond donors (Lipinski definition) is 2. The Morgan fingerprint density at radius 1 is 1.05 bits per heavy atom. The molecule has 0 spiro atoms. The summed E-state index contributed by atoms with van der Waals surface area (Å²) in [6.07, 6.45) is -5.11. The van der Waals surface area contributed by atoms with Crippen LogP contribution in [0, 0.1) is 17.6 Å². The van der Waals surface area contributed by atoms with Crippen LogP contribution in [0.1, 0.15) is 33.0 Å². The maximum atomic E-state index is 14.3. The number of halogens is 9. The molecule has 0 heterocycles. The molecule has 2 atom stereocenters. The number of hydrogen-bond acceptors (Lipinski definition) is 3. The number of amides is 1. The number of nitrogen functional groups attached to an aromatic ring is 1. The maximum Gasteiger partial charge on any atom is 0.416 e. The van der Waals surface area contributed by atoms with Crippen molar-refractivity contribution in [3.63, 3.8) is 0 Å². The molecule has 1 aliphatic rings. The van der Waals surface area contributed by atoms with Crippen molar-refractivity contribution >= 4 is 73.8 Å². The van der Waals surface area contributed by atoms with Crippen molar-refractivity contribution in [2.45, 2.75) is 22.8 Å². The summed E-state index contributed by atoms with van der Waals surface area (Å²) in [4.78, 5) is 25.8. The Hall–Kier alpha value is -2.40. The van der Waals surface area contributed by atoms with Gasteiger partial charge in [-0.1, -0.05) is 33.6 Å². The van der Waals surface area contributed by atoms with Crippen LogP contribution in [-0.2, 0) is 17.4 Å². The molecule has 1 amide bonds. The van der Waals surface area contributed by atoms with Crippen LogP contribution < -0.4 is 11.1 Å². The summed E-state index contributed by atoms with van der Waals surface area (Å²) in [7, 11) is 0. The third-order valence-electron chi connectivity index (χ3n) is 6.03. The molecule has 0 aliphatic heterocycles. The number of alkyl halides is 5. The fourth-order valence-corrected chi connectivity index (χ4v) is 5.64. The smallest absolute Gasteiger partial charge is 0.394 e. The predicted molar refractivity (Wildman–Crippen MR) is 139 cm³/mol. The van der Waals surface area contributed by atoms with Gasteiger partial charge in [0.1, 0.15) is 15.8 Å². The first-order valence-corrected chi connectivity index (χ1v) is 12.7. The fraction of sp³-hybridized carbons (Fsp3) is 0.200. The highest BCUT2D eigenvalue weighted by atomic mass is 79.9. The second kappa shape index (κ2) is 10.3. The van der Waals surface area contributed by atoms with Crippen LogP contribution >= 0.6 is 50.7 Å². The summed E-state index contributed by atoms with van der Waals surface area (Å²) in [6.45, 7) is 0. The van der Waals surface area contributed by atoms with E-state index in [2.05, 4.69) is 21.2 Å². The highest BCUT2D eigenvalue weighted by molar-refractivity contribution is 9.10. The molecule has 200 valence electrons. The van der Waals surface area contributed by atoms with Gasteiger partial charge < -0.3 is 11.1 Å². The molecule has 3 aromatic rings. The fourth-order valence-electron chi connectivity index (χ4n) is 4.08. The van der Waals surface area contributed by atoms with Gasteiger partial charge in [-0.2, -0.15) is 13.2 Å². The summed E-state index contributed by atoms with van der Waals surface area (Å²) in [5.74, 6) is -5.42. The molecule has 4 rings (SSSR count). The third-order valence-corrected chi connectivity index (χ3v) is 7.76. The van der Waals surface area contributed by atoms with Gasteiger partial charge in [0.2, 0.25) is 5.91 Å². The molecule has 4 nitrogen and oxygen atoms in total. The molecule has 1 fully saturated rings. The van der Waals surface area contributed by atoms with Gasteiger partial charge in [0.05, 0.1) is 16.5 Å². The van der Waals surface area contributed by atoms with Crippen molar-refractivity contribution in [2.24, 2.45) is 5.92 Å². The van der Waals surface area contributed by atoms with E-state index in [0.29, 0.717) is 0 Å². The van der Waals surface area contributed by atoms with E-state index in [-0.39, 0.29) is 31.9 Å². The zero-order chi connectivity index (χ0) is 28.2. The lowest BCUT2D eigenvalue weighted by Gasteiger charge is -2.11. The summed E-state index contributed by atoms with van der Waals surface area (Å²) in [5.41, 5.74) is 3.69. The molecular formula is C25H15BrCl3F5N2O2. The molecule has 3 aromatic carbocycles. The Labute approximate surface area is 236 Å². The minimum atomic E-state index is -4.62. The monoisotopic (exact) mass is 654 g/mol. The number of rotatable bonds is 6. The van der Waals surface area contributed by atoms with Crippen LogP contribution in [0.2, 0.25) is 5.02 Å². The largest absolute Gasteiger partial charge is 0.416 e. The van der Waals surface area contributed by atoms with Crippen molar-refractivity contribution in [3.05, 3.63) is 91.9 Å². The van der Waals surface area contributed by atoms with E-state index in [4.69, 9.17) is 40.5 Å². The van der Waals surface area contributed by atoms with E-state index in [1.807, 2.05) is 0 Å². The Bertz CT molecular complexity index is 1470. The molecule has 0 bridgehead atoms. The van der Waals surface area contributed by atoms with E-state index >= 15 is 0 Å². The highest BCUT2D eigenvalue weighted by Gasteiger charge is 2.67. The summed E-state index contributed by atoms with van der Waals surface area (Å²) < 4.78 is 65.9. The van der Waals surface area contributed by atoms with Gasteiger partial charge in [-0.15, -0.1) is 23.2 Å². The van der Waals surface area contributed by atoms with Gasteiger partial charge >= 0.3 is 6.18 Å². The standard InChI is InChI=1S/C25H15BrCl3F5N2O2/c26-13-6-11(5-12(8-13)25(32,33)34)19-20(24(19,28)29)23(38)36-14-2-3-16(27)15(9-14)18(37)7-10-1-4-17(30)22(35)21(10)31/h1-6,8-9,19-20H,7,35H2,(H,36,38). The molecule has 3 N–H and O–H groups in total. The normalized spacial score (nSPS) is 18.2. The lowest BCUT2D eigenvalue weighted by atomic mass is 10.0. The average Bonchev–Trinajstić information content (AvgIpc) is 3.41. The summed E-state index contributed by atoms with van der Waals surface area (Å²) >= 11 is 21.7. The van der Waals surface area contributed by atoms with Crippen molar-refractivity contribution in [2.75, 3.05) is 11.1 Å². The first kappa shape index (κ1) is 28.6. The van der Waals surface area contributed by atoms with E-state index < -0.39 is 63.3 Å². The number of ketones is 1. The van der Waals surface area contributed by atoms with E-state index in [0.717, 1.165) is 24.3 Å². The minimum absolute atomic E-state index is 0.00522. The number of carbonyl (C=O) groups excluding carboxylic acids is 2. The van der Waals surface area contributed by atoms with Crippen LogP contribution in [0.4, 0.5) is 33.3 Å². The maximum absolute atomic E-state index is 14.3. The third kappa shape index (κ3) is 5.64. The van der Waals surface area contributed by atoms with Crippen LogP contribution in [0.25, 0.3) is 0 Å². The molecule has 38 heavy (non-hydrogen) atoms. The zero-order valence-electron chi connectivity index (χ0n) is 18.8. The molecule has 13 heteroatoms. The van der Waals surface area contributed by atoms with Crippen LogP contribution in [0.15, 0.2) is 53.0 Å². The number of nitrogens with one attached hydrogen (secondary N) is 1. The zero-order valence-corrected chi connectivity index (χ0v) is 22.6. The Kier molecular flexibility index (Phi) is 7.75. The minimum Gasteiger partial charge on any atom is -0.394 e. The number of benzene rings is 3. The average molecular weight is 657 g/mol. The molecule has 1 saturated carbocycles. The number of Topliss-reactive ketones (excluding diaryl/α,β-unsaturated/α-hetero) is 1. The molecule has 0 aromatic heterocycles. The van der Waals surface area contributed by atoms with Crippen LogP contribution in [0.5, 0.6) is 0 Å². The SMILES string of the molecule is Nc1c(F)ccc(CC(=O)c2cc(NC(=O)C3C(c4cc(Br)cc(C(F)(F)F)c4)C3(Cl)Cl)ccc2Cl)c1F. The Balaban J connectivity index is 1.54. The number of anilines is 2. The quantitative estimate of drug-likeness (QED) is 0.123. The van der Waals surface area contributed by atoms with Gasteiger partial charge in [-0.25, -0.2) is 8.78 Å². The van der Waals surface area contributed by atoms with Crippen LogP contribution in [0.3, 0.4) is 0 Å². The van der Waals surface area contributed by atoms with Gasteiger partial charge in [0, 0.05) is 28.1 Å². The highest BCUT2D eigenvalue weighted by Crippen LogP contribution is 2.65. The Morgan fingerprint density at radius 3 is 2.39 bits per heavy atom. The van der Waals surface area contributed by atoms with E-state index in [1.165, 1.54) is 24.3 Å². The second-order valence-electron chi connectivity index (χ2n) is 8.62. The molecule has 0 radical (unpaired) electrons. The lowest BCUT2D eigenvalue weighted by molar-refractivity contribution is -0.137. The predicted octanol–water partition coefficient (Wildman–Crippen LogP) is 7.93. The van der Waals surface area contributed by atoms with Gasteiger partial charge in [0.15, 0.2) is 11.6 Å². The van der Waals surface area contributed by atoms with Crippen LogP contribution in [-0.4, -0.2) is 16.0 Å². The Morgan fingerprint density at radius 2 is 1.74 bits per heavy atom. The molecular weight excluding hydrogens is 642 g/mol. The first-order valence-electron chi connectivity index (χ1n) is 10.7. The summed E-state index contributed by atoms with van der Waals surface area (Å²) in [6, 6.07) is 9.13. The topological polar surface area (TPSA) is 72.2 Å². The molecule has 0 saturated heterocycles. The van der Waals surface area contributed by atoms with E-state index in [1.54, 1.807) is 0 Å². The molecule has 1 aliphatic carbocycles. The van der Waals surface area contributed by atoms with Crippen molar-refractivity contribution < 1.29 is 31.5 Å². The van der Waals surface area contributed by atoms with Crippen molar-refractivity contribution in [1.29, 1.82) is 0 Å². The van der Waals surface area contributed by atoms with Gasteiger partial charge in [-0.3, -0.25) is 9.59 Å². The van der Waals surface area contributed by atoms with E-state index in [9.17, 15) is 31.5 Å². The number of nitrogens with two attached hydrogens (primary N) is 1. The lowest BCUT2D eigenvalue weighted by Crippen LogP contribution is -2.17. The molecule has 2 unspecified atom stereocenters. The van der Waals surface area contributed by atoms with Gasteiger partial charge in [-0.05, 0) is 53.6 Å².